The molecular formula is C16H26N4O2S. The van der Waals surface area contributed by atoms with E-state index >= 15 is 0 Å². The molecule has 0 aliphatic carbocycles. The lowest BCUT2D eigenvalue weighted by molar-refractivity contribution is -0.120. The summed E-state index contributed by atoms with van der Waals surface area (Å²) >= 11 is 1.51. The molecule has 1 amide bonds. The van der Waals surface area contributed by atoms with Gasteiger partial charge in [0.2, 0.25) is 5.91 Å². The molecule has 0 radical (unpaired) electrons. The first-order chi connectivity index (χ1) is 11.1. The molecule has 3 heterocycles. The summed E-state index contributed by atoms with van der Waals surface area (Å²) in [5.74, 6) is 0.156. The second-order valence-electron chi connectivity index (χ2n) is 6.63. The highest BCUT2D eigenvalue weighted by molar-refractivity contribution is 7.13. The van der Waals surface area contributed by atoms with Gasteiger partial charge in [-0.15, -0.1) is 11.3 Å². The lowest BCUT2D eigenvalue weighted by Crippen LogP contribution is -2.44. The van der Waals surface area contributed by atoms with Crippen LogP contribution < -0.4 is 10.6 Å². The summed E-state index contributed by atoms with van der Waals surface area (Å²) < 4.78 is 5.76. The molecule has 1 aromatic rings. The Bertz CT molecular complexity index is 520. The largest absolute Gasteiger partial charge is 0.373 e. The normalized spacial score (nSPS) is 29.4. The third-order valence-corrected chi connectivity index (χ3v) is 5.14. The molecule has 0 saturated carbocycles. The van der Waals surface area contributed by atoms with E-state index in [4.69, 9.17) is 4.74 Å². The number of hydrogen-bond donors (Lipinski definition) is 2. The molecule has 0 spiro atoms. The number of nitrogens with one attached hydrogen (secondary N) is 2. The predicted octanol–water partition coefficient (Wildman–Crippen LogP) is 1.69. The van der Waals surface area contributed by atoms with E-state index in [-0.39, 0.29) is 24.0 Å². The van der Waals surface area contributed by atoms with Crippen LogP contribution >= 0.6 is 11.3 Å². The topological polar surface area (TPSA) is 66.5 Å². The number of nitrogens with zero attached hydrogens (tertiary/aromatic N) is 2. The monoisotopic (exact) mass is 338 g/mol. The summed E-state index contributed by atoms with van der Waals surface area (Å²) in [5.41, 5.74) is 1.02. The van der Waals surface area contributed by atoms with Crippen molar-refractivity contribution in [2.75, 3.05) is 31.5 Å². The molecule has 6 nitrogen and oxygen atoms in total. The fourth-order valence-electron chi connectivity index (χ4n) is 3.36. The van der Waals surface area contributed by atoms with Crippen molar-refractivity contribution in [3.05, 3.63) is 11.1 Å². The SMILES string of the molecule is CC1CN(Cc2csc(NC(=O)C3CCCNC3)n2)CC(C)O1. The highest BCUT2D eigenvalue weighted by Crippen LogP contribution is 2.21. The first-order valence-corrected chi connectivity index (χ1v) is 9.32. The van der Waals surface area contributed by atoms with E-state index in [0.717, 1.165) is 51.3 Å². The zero-order valence-electron chi connectivity index (χ0n) is 13.9. The summed E-state index contributed by atoms with van der Waals surface area (Å²) in [6.45, 7) is 8.67. The van der Waals surface area contributed by atoms with Gasteiger partial charge in [0.1, 0.15) is 0 Å². The van der Waals surface area contributed by atoms with E-state index in [1.807, 2.05) is 5.38 Å². The van der Waals surface area contributed by atoms with Crippen LogP contribution in [-0.4, -0.2) is 54.2 Å². The van der Waals surface area contributed by atoms with Crippen LogP contribution in [-0.2, 0) is 16.1 Å². The van der Waals surface area contributed by atoms with Gasteiger partial charge < -0.3 is 15.4 Å². The van der Waals surface area contributed by atoms with Gasteiger partial charge in [-0.3, -0.25) is 9.69 Å². The molecule has 3 atom stereocenters. The number of thiazole rings is 1. The van der Waals surface area contributed by atoms with Crippen molar-refractivity contribution >= 4 is 22.4 Å². The van der Waals surface area contributed by atoms with Crippen molar-refractivity contribution in [1.82, 2.24) is 15.2 Å². The minimum Gasteiger partial charge on any atom is -0.373 e. The Labute approximate surface area is 141 Å². The van der Waals surface area contributed by atoms with Gasteiger partial charge in [-0.05, 0) is 33.2 Å². The molecule has 7 heteroatoms. The van der Waals surface area contributed by atoms with E-state index in [2.05, 4.69) is 34.4 Å². The number of rotatable bonds is 4. The van der Waals surface area contributed by atoms with Crippen LogP contribution in [0.5, 0.6) is 0 Å². The molecule has 0 bridgehead atoms. The minimum atomic E-state index is 0.0667. The van der Waals surface area contributed by atoms with Crippen LogP contribution in [0.4, 0.5) is 5.13 Å². The zero-order valence-corrected chi connectivity index (χ0v) is 14.7. The third kappa shape index (κ3) is 4.73. The molecule has 1 aromatic heterocycles. The molecule has 23 heavy (non-hydrogen) atoms. The Kier molecular flexibility index (Phi) is 5.63. The molecule has 3 unspecified atom stereocenters. The van der Waals surface area contributed by atoms with Crippen LogP contribution in [0.15, 0.2) is 5.38 Å². The van der Waals surface area contributed by atoms with Gasteiger partial charge in [0.15, 0.2) is 5.13 Å². The average molecular weight is 338 g/mol. The molecule has 2 N–H and O–H groups in total. The van der Waals surface area contributed by atoms with E-state index < -0.39 is 0 Å². The Balaban J connectivity index is 1.52. The smallest absolute Gasteiger partial charge is 0.230 e. The number of carbonyl (C=O) groups excluding carboxylic acids is 1. The van der Waals surface area contributed by atoms with Crippen LogP contribution in [0.3, 0.4) is 0 Å². The van der Waals surface area contributed by atoms with Crippen molar-refractivity contribution < 1.29 is 9.53 Å². The summed E-state index contributed by atoms with van der Waals surface area (Å²) in [5, 5.41) is 9.00. The average Bonchev–Trinajstić information content (AvgIpc) is 2.94. The van der Waals surface area contributed by atoms with Gasteiger partial charge in [-0.1, -0.05) is 0 Å². The quantitative estimate of drug-likeness (QED) is 0.874. The van der Waals surface area contributed by atoms with E-state index in [1.54, 1.807) is 0 Å². The van der Waals surface area contributed by atoms with Crippen molar-refractivity contribution in [2.45, 2.75) is 45.4 Å². The number of morpholine rings is 1. The first kappa shape index (κ1) is 16.8. The number of piperidine rings is 1. The number of aromatic nitrogens is 1. The lowest BCUT2D eigenvalue weighted by atomic mass is 9.99. The van der Waals surface area contributed by atoms with Gasteiger partial charge in [-0.25, -0.2) is 4.98 Å². The van der Waals surface area contributed by atoms with E-state index in [0.29, 0.717) is 5.13 Å². The number of amides is 1. The standard InChI is InChI=1S/C16H26N4O2S/c1-11-7-20(8-12(2)22-11)9-14-10-23-16(18-14)19-15(21)13-4-3-5-17-6-13/h10-13,17H,3-9H2,1-2H3,(H,18,19,21). The van der Waals surface area contributed by atoms with Crippen molar-refractivity contribution in [1.29, 1.82) is 0 Å². The highest BCUT2D eigenvalue weighted by Gasteiger charge is 2.24. The van der Waals surface area contributed by atoms with E-state index in [9.17, 15) is 4.79 Å². The summed E-state index contributed by atoms with van der Waals surface area (Å²) in [6.07, 6.45) is 2.54. The van der Waals surface area contributed by atoms with Gasteiger partial charge in [0.05, 0.1) is 23.8 Å². The molecule has 2 aliphatic heterocycles. The Morgan fingerprint density at radius 3 is 2.96 bits per heavy atom. The summed E-state index contributed by atoms with van der Waals surface area (Å²) in [7, 11) is 0. The first-order valence-electron chi connectivity index (χ1n) is 8.44. The minimum absolute atomic E-state index is 0.0667. The second-order valence-corrected chi connectivity index (χ2v) is 7.49. The maximum Gasteiger partial charge on any atom is 0.230 e. The van der Waals surface area contributed by atoms with Gasteiger partial charge in [0.25, 0.3) is 0 Å². The van der Waals surface area contributed by atoms with Crippen LogP contribution in [0.2, 0.25) is 0 Å². The van der Waals surface area contributed by atoms with Gasteiger partial charge >= 0.3 is 0 Å². The molecule has 2 fully saturated rings. The fourth-order valence-corrected chi connectivity index (χ4v) is 4.07. The lowest BCUT2D eigenvalue weighted by Gasteiger charge is -2.34. The van der Waals surface area contributed by atoms with Gasteiger partial charge in [0, 0.05) is 31.6 Å². The van der Waals surface area contributed by atoms with Crippen LogP contribution in [0.25, 0.3) is 0 Å². The maximum atomic E-state index is 12.2. The van der Waals surface area contributed by atoms with Crippen molar-refractivity contribution in [2.24, 2.45) is 5.92 Å². The fraction of sp³-hybridized carbons (Fsp3) is 0.750. The number of hydrogen-bond acceptors (Lipinski definition) is 6. The summed E-state index contributed by atoms with van der Waals surface area (Å²) in [4.78, 5) is 19.2. The highest BCUT2D eigenvalue weighted by atomic mass is 32.1. The Hall–Kier alpha value is -1.02. The number of carbonyl (C=O) groups is 1. The number of anilines is 1. The van der Waals surface area contributed by atoms with Crippen LogP contribution in [0, 0.1) is 5.92 Å². The predicted molar refractivity (Wildman–Crippen MR) is 91.6 cm³/mol. The molecule has 2 aliphatic rings. The third-order valence-electron chi connectivity index (χ3n) is 4.33. The van der Waals surface area contributed by atoms with Crippen LogP contribution in [0.1, 0.15) is 32.4 Å². The van der Waals surface area contributed by atoms with Gasteiger partial charge in [-0.2, -0.15) is 0 Å². The molecule has 3 rings (SSSR count). The van der Waals surface area contributed by atoms with E-state index in [1.165, 1.54) is 11.3 Å². The van der Waals surface area contributed by atoms with Crippen molar-refractivity contribution in [3.8, 4) is 0 Å². The second kappa shape index (κ2) is 7.70. The Morgan fingerprint density at radius 2 is 2.26 bits per heavy atom. The Morgan fingerprint density at radius 1 is 1.48 bits per heavy atom. The summed E-state index contributed by atoms with van der Waals surface area (Å²) in [6, 6.07) is 0. The number of ether oxygens (including phenoxy) is 1. The zero-order chi connectivity index (χ0) is 16.2. The van der Waals surface area contributed by atoms with Crippen molar-refractivity contribution in [3.63, 3.8) is 0 Å². The molecule has 2 saturated heterocycles. The molecule has 128 valence electrons. The molecule has 0 aromatic carbocycles. The maximum absolute atomic E-state index is 12.2. The molecular weight excluding hydrogens is 312 g/mol.